The molecule has 0 aliphatic heterocycles. The van der Waals surface area contributed by atoms with Crippen LogP contribution in [0, 0.1) is 5.82 Å². The van der Waals surface area contributed by atoms with Crippen LogP contribution in [0.5, 0.6) is 0 Å². The van der Waals surface area contributed by atoms with Gasteiger partial charge in [0.15, 0.2) is 0 Å². The lowest BCUT2D eigenvalue weighted by molar-refractivity contribution is -0.114. The number of carbonyl (C=O) groups is 2. The molecule has 27 heavy (non-hydrogen) atoms. The first-order chi connectivity index (χ1) is 13.0. The Kier molecular flexibility index (Phi) is 4.49. The van der Waals surface area contributed by atoms with Gasteiger partial charge in [-0.2, -0.15) is 0 Å². The third-order valence-corrected chi connectivity index (χ3v) is 5.70. The van der Waals surface area contributed by atoms with Crippen molar-refractivity contribution in [2.75, 3.05) is 10.6 Å². The lowest BCUT2D eigenvalue weighted by Crippen LogP contribution is -2.12. The Morgan fingerprint density at radius 2 is 1.78 bits per heavy atom. The van der Waals surface area contributed by atoms with Gasteiger partial charge in [0.2, 0.25) is 5.91 Å². The Morgan fingerprint density at radius 1 is 1.00 bits per heavy atom. The third kappa shape index (κ3) is 3.48. The molecule has 2 N–H and O–H groups in total. The second-order valence-electron chi connectivity index (χ2n) is 6.45. The van der Waals surface area contributed by atoms with Crippen LogP contribution < -0.4 is 10.6 Å². The molecule has 0 bridgehead atoms. The van der Waals surface area contributed by atoms with Crippen molar-refractivity contribution in [2.45, 2.75) is 19.8 Å². The van der Waals surface area contributed by atoms with Crippen LogP contribution in [0.15, 0.2) is 48.5 Å². The van der Waals surface area contributed by atoms with E-state index >= 15 is 0 Å². The zero-order valence-electron chi connectivity index (χ0n) is 14.6. The molecule has 2 aromatic carbocycles. The van der Waals surface area contributed by atoms with Crippen LogP contribution in [0.1, 0.15) is 27.7 Å². The highest BCUT2D eigenvalue weighted by Gasteiger charge is 2.22. The summed E-state index contributed by atoms with van der Waals surface area (Å²) in [5.74, 6) is -1.17. The zero-order valence-corrected chi connectivity index (χ0v) is 15.5. The first-order valence-electron chi connectivity index (χ1n) is 8.61. The Morgan fingerprint density at radius 3 is 2.59 bits per heavy atom. The topological polar surface area (TPSA) is 58.2 Å². The van der Waals surface area contributed by atoms with E-state index in [2.05, 4.69) is 22.8 Å². The van der Waals surface area contributed by atoms with Crippen LogP contribution in [-0.4, -0.2) is 11.8 Å². The van der Waals surface area contributed by atoms with E-state index in [-0.39, 0.29) is 17.5 Å². The van der Waals surface area contributed by atoms with E-state index in [1.807, 2.05) is 18.2 Å². The van der Waals surface area contributed by atoms with Crippen molar-refractivity contribution >= 4 is 34.5 Å². The largest absolute Gasteiger partial charge is 0.326 e. The molecule has 136 valence electrons. The zero-order chi connectivity index (χ0) is 19.0. The number of amides is 2. The van der Waals surface area contributed by atoms with Crippen LogP contribution in [0.4, 0.5) is 15.8 Å². The van der Waals surface area contributed by atoms with Gasteiger partial charge in [-0.3, -0.25) is 9.59 Å². The maximum Gasteiger partial charge on any atom is 0.265 e. The molecule has 2 amide bonds. The predicted molar refractivity (Wildman–Crippen MR) is 106 cm³/mol. The summed E-state index contributed by atoms with van der Waals surface area (Å²) < 4.78 is 14.1. The van der Waals surface area contributed by atoms with Crippen molar-refractivity contribution in [2.24, 2.45) is 0 Å². The number of thiophene rings is 1. The fraction of sp³-hybridized carbons (Fsp3) is 0.143. The highest BCUT2D eigenvalue weighted by Crippen LogP contribution is 2.39. The van der Waals surface area contributed by atoms with Crippen molar-refractivity contribution in [3.8, 4) is 10.4 Å². The summed E-state index contributed by atoms with van der Waals surface area (Å²) in [5.41, 5.74) is 4.07. The lowest BCUT2D eigenvalue weighted by Gasteiger charge is -2.15. The minimum Gasteiger partial charge on any atom is -0.326 e. The normalized spacial score (nSPS) is 12.1. The summed E-state index contributed by atoms with van der Waals surface area (Å²) in [6, 6.07) is 14.2. The molecule has 4 rings (SSSR count). The van der Waals surface area contributed by atoms with Crippen LogP contribution >= 0.6 is 11.3 Å². The number of fused-ring (bicyclic) bond motifs is 3. The number of hydrogen-bond donors (Lipinski definition) is 2. The van der Waals surface area contributed by atoms with E-state index < -0.39 is 5.82 Å². The molecule has 6 heteroatoms. The van der Waals surface area contributed by atoms with Crippen molar-refractivity contribution in [3.63, 3.8) is 0 Å². The van der Waals surface area contributed by atoms with Gasteiger partial charge in [-0.05, 0) is 53.8 Å². The maximum absolute atomic E-state index is 14.1. The molecular formula is C21H17FN2O2S. The van der Waals surface area contributed by atoms with E-state index in [4.69, 9.17) is 0 Å². The number of aryl methyl sites for hydroxylation is 2. The number of halogens is 1. The molecule has 0 atom stereocenters. The average molecular weight is 380 g/mol. The smallest absolute Gasteiger partial charge is 0.265 e. The van der Waals surface area contributed by atoms with E-state index in [0.717, 1.165) is 23.3 Å². The molecule has 0 fully saturated rings. The summed E-state index contributed by atoms with van der Waals surface area (Å²) >= 11 is 1.42. The molecule has 1 aromatic heterocycles. The number of hydrogen-bond acceptors (Lipinski definition) is 3. The average Bonchev–Trinajstić information content (AvgIpc) is 3.09. The van der Waals surface area contributed by atoms with Gasteiger partial charge in [-0.25, -0.2) is 4.39 Å². The van der Waals surface area contributed by atoms with Crippen molar-refractivity contribution in [1.82, 2.24) is 0 Å². The summed E-state index contributed by atoms with van der Waals surface area (Å²) in [4.78, 5) is 25.5. The van der Waals surface area contributed by atoms with E-state index in [1.54, 1.807) is 0 Å². The van der Waals surface area contributed by atoms with Crippen LogP contribution in [0.3, 0.4) is 0 Å². The van der Waals surface area contributed by atoms with Gasteiger partial charge in [0.05, 0.1) is 10.6 Å². The van der Waals surface area contributed by atoms with E-state index in [1.165, 1.54) is 47.6 Å². The summed E-state index contributed by atoms with van der Waals surface area (Å²) in [6.45, 7) is 1.37. The molecule has 0 saturated carbocycles. The van der Waals surface area contributed by atoms with Crippen molar-refractivity contribution < 1.29 is 14.0 Å². The van der Waals surface area contributed by atoms with E-state index in [0.29, 0.717) is 10.6 Å². The van der Waals surface area contributed by atoms with Gasteiger partial charge in [-0.1, -0.05) is 24.3 Å². The molecule has 1 heterocycles. The second-order valence-corrected chi connectivity index (χ2v) is 7.50. The van der Waals surface area contributed by atoms with Gasteiger partial charge >= 0.3 is 0 Å². The number of benzene rings is 2. The minimum absolute atomic E-state index is 0.0398. The Balaban J connectivity index is 1.61. The van der Waals surface area contributed by atoms with Crippen LogP contribution in [-0.2, 0) is 17.6 Å². The molecule has 1 aliphatic rings. The molecule has 1 aliphatic carbocycles. The summed E-state index contributed by atoms with van der Waals surface area (Å²) in [7, 11) is 0. The molecule has 0 unspecified atom stereocenters. The summed E-state index contributed by atoms with van der Waals surface area (Å²) in [6.07, 6.45) is 1.84. The number of carbonyl (C=O) groups excluding carboxylic acids is 2. The molecular weight excluding hydrogens is 363 g/mol. The first-order valence-corrected chi connectivity index (χ1v) is 9.42. The molecule has 0 spiro atoms. The Bertz CT molecular complexity index is 1060. The highest BCUT2D eigenvalue weighted by molar-refractivity contribution is 7.17. The minimum atomic E-state index is -0.552. The first kappa shape index (κ1) is 17.4. The Labute approximate surface area is 160 Å². The van der Waals surface area contributed by atoms with Gasteiger partial charge in [0.1, 0.15) is 5.82 Å². The SMILES string of the molecule is CC(=O)Nc1ccc(F)c(NC(=O)c2cc3c(s2)-c2ccccc2CC3)c1. The van der Waals surface area contributed by atoms with Crippen molar-refractivity contribution in [1.29, 1.82) is 0 Å². The predicted octanol–water partition coefficient (Wildman–Crippen LogP) is 4.86. The number of anilines is 2. The van der Waals surface area contributed by atoms with Crippen molar-refractivity contribution in [3.05, 3.63) is 70.4 Å². The van der Waals surface area contributed by atoms with Gasteiger partial charge in [-0.15, -0.1) is 11.3 Å². The van der Waals surface area contributed by atoms with Crippen LogP contribution in [0.2, 0.25) is 0 Å². The molecule has 3 aromatic rings. The number of nitrogens with one attached hydrogen (secondary N) is 2. The molecule has 0 radical (unpaired) electrons. The maximum atomic E-state index is 14.1. The fourth-order valence-corrected chi connectivity index (χ4v) is 4.44. The van der Waals surface area contributed by atoms with Crippen LogP contribution in [0.25, 0.3) is 10.4 Å². The summed E-state index contributed by atoms with van der Waals surface area (Å²) in [5, 5.41) is 5.20. The van der Waals surface area contributed by atoms with Gasteiger partial charge in [0.25, 0.3) is 5.91 Å². The number of rotatable bonds is 3. The van der Waals surface area contributed by atoms with E-state index in [9.17, 15) is 14.0 Å². The molecule has 4 nitrogen and oxygen atoms in total. The highest BCUT2D eigenvalue weighted by atomic mass is 32.1. The molecule has 0 saturated heterocycles. The Hall–Kier alpha value is -2.99. The lowest BCUT2D eigenvalue weighted by atomic mass is 9.91. The standard InChI is InChI=1S/C21H17FN2O2S/c1-12(25)23-15-8-9-17(22)18(11-15)24-21(26)19-10-14-7-6-13-4-2-3-5-16(13)20(14)27-19/h2-5,8-11H,6-7H2,1H3,(H,23,25)(H,24,26). The van der Waals surface area contributed by atoms with Gasteiger partial charge in [0, 0.05) is 17.5 Å². The third-order valence-electron chi connectivity index (χ3n) is 4.49. The van der Waals surface area contributed by atoms with Gasteiger partial charge < -0.3 is 10.6 Å². The monoisotopic (exact) mass is 380 g/mol. The fourth-order valence-electron chi connectivity index (χ4n) is 3.27. The quantitative estimate of drug-likeness (QED) is 0.681. The second kappa shape index (κ2) is 6.96.